The summed E-state index contributed by atoms with van der Waals surface area (Å²) in [5.74, 6) is 0.107. The Kier molecular flexibility index (Phi) is 7.58. The number of pyridine rings is 1. The number of rotatable bonds is 7. The topological polar surface area (TPSA) is 113 Å². The van der Waals surface area contributed by atoms with Crippen molar-refractivity contribution in [2.75, 3.05) is 26.8 Å². The molecule has 5 aromatic rings. The number of fused-ring (bicyclic) bond motifs is 2. The van der Waals surface area contributed by atoms with Crippen LogP contribution in [0.2, 0.25) is 5.02 Å². The molecule has 0 aliphatic carbocycles. The van der Waals surface area contributed by atoms with E-state index in [0.717, 1.165) is 0 Å². The maximum atomic E-state index is 13.7. The van der Waals surface area contributed by atoms with Crippen molar-refractivity contribution >= 4 is 49.5 Å². The number of morpholine rings is 1. The van der Waals surface area contributed by atoms with E-state index >= 15 is 0 Å². The van der Waals surface area contributed by atoms with Crippen molar-refractivity contribution in [3.63, 3.8) is 0 Å². The summed E-state index contributed by atoms with van der Waals surface area (Å²) in [4.78, 5) is 17.6. The molecule has 216 valence electrons. The lowest BCUT2D eigenvalue weighted by Gasteiger charge is -2.37. The molecular formula is C30H27ClN4O6S. The van der Waals surface area contributed by atoms with Gasteiger partial charge in [0.05, 0.1) is 45.7 Å². The third kappa shape index (κ3) is 5.20. The molecule has 1 aliphatic rings. The number of benzene rings is 3. The number of nitrogens with zero attached hydrogens (tertiary/aromatic N) is 4. The third-order valence-electron chi connectivity index (χ3n) is 7.13. The molecule has 0 unspecified atom stereocenters. The van der Waals surface area contributed by atoms with Gasteiger partial charge in [0, 0.05) is 11.9 Å². The van der Waals surface area contributed by atoms with Gasteiger partial charge in [-0.3, -0.25) is 0 Å². The zero-order chi connectivity index (χ0) is 29.4. The van der Waals surface area contributed by atoms with E-state index in [1.54, 1.807) is 91.5 Å². The first-order chi connectivity index (χ1) is 20.3. The fourth-order valence-electron chi connectivity index (χ4n) is 5.04. The summed E-state index contributed by atoms with van der Waals surface area (Å²) in [5.41, 5.74) is 2.05. The van der Waals surface area contributed by atoms with Crippen molar-refractivity contribution in [2.45, 2.75) is 24.2 Å². The largest absolute Gasteiger partial charge is 0.497 e. The Morgan fingerprint density at radius 3 is 2.48 bits per heavy atom. The number of hydrogen-bond acceptors (Lipinski definition) is 8. The third-order valence-corrected chi connectivity index (χ3v) is 9.36. The van der Waals surface area contributed by atoms with Crippen LogP contribution < -0.4 is 4.74 Å². The van der Waals surface area contributed by atoms with E-state index in [1.807, 2.05) is 6.07 Å². The Balaban J connectivity index is 1.38. The molecule has 1 fully saturated rings. The first-order valence-electron chi connectivity index (χ1n) is 13.2. The molecular weight excluding hydrogens is 580 g/mol. The Morgan fingerprint density at radius 1 is 1.05 bits per heavy atom. The van der Waals surface area contributed by atoms with Crippen LogP contribution in [0.3, 0.4) is 0 Å². The number of ether oxygens (including phenoxy) is 3. The maximum Gasteiger partial charge on any atom is 0.338 e. The van der Waals surface area contributed by atoms with Gasteiger partial charge in [-0.25, -0.2) is 22.9 Å². The molecule has 10 nitrogen and oxygen atoms in total. The average Bonchev–Trinajstić information content (AvgIpc) is 3.36. The van der Waals surface area contributed by atoms with E-state index in [4.69, 9.17) is 35.9 Å². The van der Waals surface area contributed by atoms with Gasteiger partial charge in [0.25, 0.3) is 0 Å². The van der Waals surface area contributed by atoms with Gasteiger partial charge in [0.2, 0.25) is 10.0 Å². The second kappa shape index (κ2) is 11.3. The molecule has 2 aromatic heterocycles. The predicted molar refractivity (Wildman–Crippen MR) is 157 cm³/mol. The van der Waals surface area contributed by atoms with Crippen LogP contribution in [0.5, 0.6) is 5.75 Å². The standard InChI is InChI=1S/C30H27ClN4O6S/c1-19-27-28(31)24-15-21(39-2)13-14-25(24)32-29(27)35(33-19)26-17-34(42(37,38)23-11-7-4-8-12-23)16-22(41-26)18-40-30(36)20-9-5-3-6-10-20/h3-15,22,26H,16-18H2,1-2H3/t22-,26+/m0/s1. The number of hydrogen-bond donors (Lipinski definition) is 0. The highest BCUT2D eigenvalue weighted by molar-refractivity contribution is 7.89. The molecule has 1 saturated heterocycles. The molecule has 0 amide bonds. The number of halogens is 1. The van der Waals surface area contributed by atoms with E-state index in [0.29, 0.717) is 44.0 Å². The SMILES string of the molecule is COc1ccc2nc3c(c(C)nn3[C@H]3CN(S(=O)(=O)c4ccccc4)C[C@@H](COC(=O)c4ccccc4)O3)c(Cl)c2c1. The number of carbonyl (C=O) groups is 1. The van der Waals surface area contributed by atoms with Crippen LogP contribution in [0.4, 0.5) is 0 Å². The van der Waals surface area contributed by atoms with Crippen LogP contribution in [-0.4, -0.2) is 66.4 Å². The molecule has 2 atom stereocenters. The monoisotopic (exact) mass is 606 g/mol. The van der Waals surface area contributed by atoms with Crippen LogP contribution in [0.1, 0.15) is 22.3 Å². The molecule has 3 aromatic carbocycles. The van der Waals surface area contributed by atoms with Gasteiger partial charge in [-0.15, -0.1) is 0 Å². The number of methoxy groups -OCH3 is 1. The Labute approximate surface area is 247 Å². The molecule has 0 spiro atoms. The summed E-state index contributed by atoms with van der Waals surface area (Å²) in [5, 5.41) is 6.47. The minimum atomic E-state index is -3.91. The lowest BCUT2D eigenvalue weighted by atomic mass is 10.1. The Morgan fingerprint density at radius 2 is 1.76 bits per heavy atom. The summed E-state index contributed by atoms with van der Waals surface area (Å²) < 4.78 is 47.5. The summed E-state index contributed by atoms with van der Waals surface area (Å²) in [6, 6.07) is 22.1. The van der Waals surface area contributed by atoms with E-state index in [2.05, 4.69) is 0 Å². The van der Waals surface area contributed by atoms with Crippen LogP contribution in [0, 0.1) is 6.92 Å². The first kappa shape index (κ1) is 28.1. The lowest BCUT2D eigenvalue weighted by molar-refractivity contribution is -0.121. The fraction of sp³-hybridized carbons (Fsp3) is 0.233. The number of aromatic nitrogens is 3. The Hall–Kier alpha value is -4.03. The Bertz CT molecular complexity index is 1880. The minimum absolute atomic E-state index is 0.0229. The molecule has 42 heavy (non-hydrogen) atoms. The van der Waals surface area contributed by atoms with E-state index < -0.39 is 28.3 Å². The molecule has 0 saturated carbocycles. The molecule has 6 rings (SSSR count). The predicted octanol–water partition coefficient (Wildman–Crippen LogP) is 5.00. The lowest BCUT2D eigenvalue weighted by Crippen LogP contribution is -2.50. The van der Waals surface area contributed by atoms with Gasteiger partial charge >= 0.3 is 5.97 Å². The summed E-state index contributed by atoms with van der Waals surface area (Å²) in [6.45, 7) is 1.57. The highest BCUT2D eigenvalue weighted by Crippen LogP contribution is 2.36. The van der Waals surface area contributed by atoms with Crippen molar-refractivity contribution in [1.82, 2.24) is 19.1 Å². The van der Waals surface area contributed by atoms with Crippen LogP contribution in [0.25, 0.3) is 21.9 Å². The van der Waals surface area contributed by atoms with E-state index in [9.17, 15) is 13.2 Å². The second-order valence-corrected chi connectivity index (χ2v) is 12.2. The van der Waals surface area contributed by atoms with Crippen LogP contribution in [0.15, 0.2) is 83.8 Å². The van der Waals surface area contributed by atoms with E-state index in [-0.39, 0.29) is 24.6 Å². The minimum Gasteiger partial charge on any atom is -0.497 e. The van der Waals surface area contributed by atoms with Gasteiger partial charge in [0.15, 0.2) is 11.9 Å². The van der Waals surface area contributed by atoms with Crippen LogP contribution in [-0.2, 0) is 19.5 Å². The molecule has 0 radical (unpaired) electrons. The van der Waals surface area contributed by atoms with Crippen molar-refractivity contribution < 1.29 is 27.4 Å². The van der Waals surface area contributed by atoms with Gasteiger partial charge < -0.3 is 14.2 Å². The van der Waals surface area contributed by atoms with Gasteiger partial charge in [0.1, 0.15) is 18.5 Å². The summed E-state index contributed by atoms with van der Waals surface area (Å²) in [6.07, 6.45) is -1.66. The van der Waals surface area contributed by atoms with Crippen LogP contribution >= 0.6 is 11.6 Å². The van der Waals surface area contributed by atoms with Gasteiger partial charge in [-0.1, -0.05) is 48.0 Å². The number of sulfonamides is 1. The van der Waals surface area contributed by atoms with Gasteiger partial charge in [-0.2, -0.15) is 9.40 Å². The maximum absolute atomic E-state index is 13.7. The number of esters is 1. The molecule has 0 N–H and O–H groups in total. The zero-order valence-corrected chi connectivity index (χ0v) is 24.4. The normalized spacial score (nSPS) is 17.9. The van der Waals surface area contributed by atoms with Crippen molar-refractivity contribution in [3.8, 4) is 5.75 Å². The zero-order valence-electron chi connectivity index (χ0n) is 22.8. The highest BCUT2D eigenvalue weighted by atomic mass is 35.5. The average molecular weight is 607 g/mol. The van der Waals surface area contributed by atoms with Gasteiger partial charge in [-0.05, 0) is 49.4 Å². The quantitative estimate of drug-likeness (QED) is 0.238. The molecule has 1 aliphatic heterocycles. The van der Waals surface area contributed by atoms with E-state index in [1.165, 1.54) is 4.31 Å². The first-order valence-corrected chi connectivity index (χ1v) is 15.0. The van der Waals surface area contributed by atoms with Crippen molar-refractivity contribution in [2.24, 2.45) is 0 Å². The van der Waals surface area contributed by atoms with Crippen molar-refractivity contribution in [1.29, 1.82) is 0 Å². The second-order valence-electron chi connectivity index (χ2n) is 9.85. The highest BCUT2D eigenvalue weighted by Gasteiger charge is 2.38. The smallest absolute Gasteiger partial charge is 0.338 e. The number of aryl methyl sites for hydroxylation is 1. The molecule has 0 bridgehead atoms. The number of carbonyl (C=O) groups excluding carboxylic acids is 1. The molecule has 12 heteroatoms. The fourth-order valence-corrected chi connectivity index (χ4v) is 6.90. The molecule has 3 heterocycles. The summed E-state index contributed by atoms with van der Waals surface area (Å²) in [7, 11) is -2.34. The van der Waals surface area contributed by atoms with Crippen molar-refractivity contribution in [3.05, 3.63) is 95.1 Å². The summed E-state index contributed by atoms with van der Waals surface area (Å²) >= 11 is 6.86.